The average molecular weight is 348 g/mol. The first-order chi connectivity index (χ1) is 10.3. The second-order valence-electron chi connectivity index (χ2n) is 4.51. The summed E-state index contributed by atoms with van der Waals surface area (Å²) in [5, 5.41) is 3.08. The fourth-order valence-corrected chi connectivity index (χ4v) is 2.08. The first-order valence-electron chi connectivity index (χ1n) is 6.17. The molecule has 0 saturated carbocycles. The number of halogens is 5. The molecular weight excluding hydrogens is 338 g/mol. The van der Waals surface area contributed by atoms with Gasteiger partial charge in [0.25, 0.3) is 5.91 Å². The molecule has 0 unspecified atom stereocenters. The Labute approximate surface area is 134 Å². The Morgan fingerprint density at radius 1 is 1.05 bits per heavy atom. The minimum Gasteiger partial charge on any atom is -0.348 e. The maximum absolute atomic E-state index is 12.6. The van der Waals surface area contributed by atoms with E-state index in [9.17, 15) is 18.0 Å². The number of rotatable bonds is 3. The number of carbonyl (C=O) groups is 1. The monoisotopic (exact) mass is 347 g/mol. The van der Waals surface area contributed by atoms with Gasteiger partial charge >= 0.3 is 6.18 Å². The number of hydrogen-bond donors (Lipinski definition) is 1. The fourth-order valence-electron chi connectivity index (χ4n) is 1.78. The Bertz CT molecular complexity index is 701. The number of benzene rings is 2. The quantitative estimate of drug-likeness (QED) is 0.836. The van der Waals surface area contributed by atoms with Gasteiger partial charge < -0.3 is 5.32 Å². The second-order valence-corrected chi connectivity index (χ2v) is 5.32. The van der Waals surface area contributed by atoms with Gasteiger partial charge in [0, 0.05) is 12.1 Å². The van der Waals surface area contributed by atoms with Crippen LogP contribution in [0.15, 0.2) is 42.5 Å². The lowest BCUT2D eigenvalue weighted by Gasteiger charge is -2.10. The highest BCUT2D eigenvalue weighted by molar-refractivity contribution is 6.42. The molecule has 1 amide bonds. The summed E-state index contributed by atoms with van der Waals surface area (Å²) in [5.41, 5.74) is -0.126. The Morgan fingerprint density at radius 2 is 1.77 bits per heavy atom. The van der Waals surface area contributed by atoms with E-state index in [1.807, 2.05) is 0 Å². The van der Waals surface area contributed by atoms with Crippen molar-refractivity contribution < 1.29 is 18.0 Å². The van der Waals surface area contributed by atoms with Crippen molar-refractivity contribution in [1.82, 2.24) is 5.32 Å². The zero-order chi connectivity index (χ0) is 16.3. The van der Waals surface area contributed by atoms with E-state index >= 15 is 0 Å². The average Bonchev–Trinajstić information content (AvgIpc) is 2.47. The minimum atomic E-state index is -4.41. The first-order valence-corrected chi connectivity index (χ1v) is 6.92. The molecule has 0 aromatic heterocycles. The van der Waals surface area contributed by atoms with Crippen LogP contribution in [-0.4, -0.2) is 5.91 Å². The van der Waals surface area contributed by atoms with E-state index < -0.39 is 17.6 Å². The number of alkyl halides is 3. The lowest BCUT2D eigenvalue weighted by atomic mass is 10.1. The van der Waals surface area contributed by atoms with Crippen molar-refractivity contribution in [2.45, 2.75) is 12.7 Å². The molecule has 1 N–H and O–H groups in total. The van der Waals surface area contributed by atoms with Gasteiger partial charge in [-0.1, -0.05) is 35.3 Å². The van der Waals surface area contributed by atoms with E-state index in [4.69, 9.17) is 23.2 Å². The summed E-state index contributed by atoms with van der Waals surface area (Å²) in [6, 6.07) is 9.12. The summed E-state index contributed by atoms with van der Waals surface area (Å²) in [6.45, 7) is -0.0248. The lowest BCUT2D eigenvalue weighted by Crippen LogP contribution is -2.23. The Morgan fingerprint density at radius 3 is 2.41 bits per heavy atom. The molecule has 0 aliphatic rings. The minimum absolute atomic E-state index is 0.0248. The van der Waals surface area contributed by atoms with E-state index in [-0.39, 0.29) is 17.1 Å². The van der Waals surface area contributed by atoms with E-state index in [2.05, 4.69) is 5.32 Å². The smallest absolute Gasteiger partial charge is 0.348 e. The van der Waals surface area contributed by atoms with Gasteiger partial charge in [-0.3, -0.25) is 4.79 Å². The van der Waals surface area contributed by atoms with Crippen molar-refractivity contribution in [3.8, 4) is 0 Å². The van der Waals surface area contributed by atoms with Crippen LogP contribution in [0.3, 0.4) is 0 Å². The summed E-state index contributed by atoms with van der Waals surface area (Å²) in [7, 11) is 0. The maximum atomic E-state index is 12.6. The van der Waals surface area contributed by atoms with Crippen molar-refractivity contribution in [2.24, 2.45) is 0 Å². The third kappa shape index (κ3) is 4.15. The summed E-state index contributed by atoms with van der Waals surface area (Å²) in [5.74, 6) is -0.448. The van der Waals surface area contributed by atoms with Crippen molar-refractivity contribution in [1.29, 1.82) is 0 Å². The van der Waals surface area contributed by atoms with E-state index in [1.54, 1.807) is 0 Å². The van der Waals surface area contributed by atoms with Gasteiger partial charge in [-0.2, -0.15) is 13.2 Å². The molecule has 116 valence electrons. The van der Waals surface area contributed by atoms with Crippen LogP contribution in [0.25, 0.3) is 0 Å². The van der Waals surface area contributed by atoms with Gasteiger partial charge in [0.05, 0.1) is 15.6 Å². The fraction of sp³-hybridized carbons (Fsp3) is 0.133. The van der Waals surface area contributed by atoms with Crippen molar-refractivity contribution in [3.63, 3.8) is 0 Å². The largest absolute Gasteiger partial charge is 0.416 e. The molecular formula is C15H10Cl2F3NO. The van der Waals surface area contributed by atoms with Crippen LogP contribution in [-0.2, 0) is 12.7 Å². The van der Waals surface area contributed by atoms with Gasteiger partial charge in [0.2, 0.25) is 0 Å². The second kappa shape index (κ2) is 6.58. The lowest BCUT2D eigenvalue weighted by molar-refractivity contribution is -0.137. The topological polar surface area (TPSA) is 29.1 Å². The molecule has 0 fully saturated rings. The normalized spacial score (nSPS) is 11.3. The van der Waals surface area contributed by atoms with Crippen LogP contribution in [0.4, 0.5) is 13.2 Å². The van der Waals surface area contributed by atoms with Gasteiger partial charge in [0.15, 0.2) is 0 Å². The molecule has 2 aromatic rings. The Hall–Kier alpha value is -1.72. The summed E-state index contributed by atoms with van der Waals surface area (Å²) >= 11 is 11.6. The molecule has 2 nitrogen and oxygen atoms in total. The summed E-state index contributed by atoms with van der Waals surface area (Å²) in [4.78, 5) is 11.9. The summed E-state index contributed by atoms with van der Waals surface area (Å²) < 4.78 is 37.8. The molecule has 0 aliphatic carbocycles. The maximum Gasteiger partial charge on any atom is 0.416 e. The summed E-state index contributed by atoms with van der Waals surface area (Å²) in [6.07, 6.45) is -4.41. The number of amides is 1. The highest BCUT2D eigenvalue weighted by Gasteiger charge is 2.30. The van der Waals surface area contributed by atoms with Crippen LogP contribution in [0.2, 0.25) is 10.0 Å². The zero-order valence-corrected chi connectivity index (χ0v) is 12.6. The van der Waals surface area contributed by atoms with Gasteiger partial charge in [-0.15, -0.1) is 0 Å². The third-order valence-corrected chi connectivity index (χ3v) is 3.63. The number of hydrogen-bond acceptors (Lipinski definition) is 1. The molecule has 7 heteroatoms. The van der Waals surface area contributed by atoms with E-state index in [0.29, 0.717) is 10.6 Å². The van der Waals surface area contributed by atoms with Crippen LogP contribution in [0.5, 0.6) is 0 Å². The highest BCUT2D eigenvalue weighted by atomic mass is 35.5. The Balaban J connectivity index is 2.06. The predicted octanol–water partition coefficient (Wildman–Crippen LogP) is 4.94. The Kier molecular flexibility index (Phi) is 4.98. The SMILES string of the molecule is O=C(NCc1cccc(C(F)(F)F)c1)c1ccc(Cl)c(Cl)c1. The van der Waals surface area contributed by atoms with E-state index in [1.165, 1.54) is 30.3 Å². The van der Waals surface area contributed by atoms with Crippen LogP contribution < -0.4 is 5.32 Å². The molecule has 2 rings (SSSR count). The third-order valence-electron chi connectivity index (χ3n) is 2.89. The molecule has 22 heavy (non-hydrogen) atoms. The number of carbonyl (C=O) groups excluding carboxylic acids is 1. The standard InChI is InChI=1S/C15H10Cl2F3NO/c16-12-5-4-10(7-13(12)17)14(22)21-8-9-2-1-3-11(6-9)15(18,19)20/h1-7H,8H2,(H,21,22). The highest BCUT2D eigenvalue weighted by Crippen LogP contribution is 2.29. The van der Waals surface area contributed by atoms with Gasteiger partial charge in [0.1, 0.15) is 0 Å². The van der Waals surface area contributed by atoms with Crippen molar-refractivity contribution >= 4 is 29.1 Å². The molecule has 0 aliphatic heterocycles. The van der Waals surface area contributed by atoms with Crippen LogP contribution in [0.1, 0.15) is 21.5 Å². The molecule has 0 spiro atoms. The van der Waals surface area contributed by atoms with Gasteiger partial charge in [-0.25, -0.2) is 0 Å². The predicted molar refractivity (Wildman–Crippen MR) is 79.1 cm³/mol. The van der Waals surface area contributed by atoms with E-state index in [0.717, 1.165) is 12.1 Å². The molecule has 2 aromatic carbocycles. The van der Waals surface area contributed by atoms with Crippen molar-refractivity contribution in [3.05, 3.63) is 69.2 Å². The molecule has 0 atom stereocenters. The van der Waals surface area contributed by atoms with Crippen LogP contribution >= 0.6 is 23.2 Å². The zero-order valence-electron chi connectivity index (χ0n) is 11.0. The molecule has 0 heterocycles. The first kappa shape index (κ1) is 16.6. The molecule has 0 radical (unpaired) electrons. The molecule has 0 saturated heterocycles. The van der Waals surface area contributed by atoms with Gasteiger partial charge in [-0.05, 0) is 35.9 Å². The molecule has 0 bridgehead atoms. The van der Waals surface area contributed by atoms with Crippen molar-refractivity contribution in [2.75, 3.05) is 0 Å². The number of nitrogens with one attached hydrogen (secondary N) is 1. The van der Waals surface area contributed by atoms with Crippen LogP contribution in [0, 0.1) is 0 Å².